The summed E-state index contributed by atoms with van der Waals surface area (Å²) in [5.41, 5.74) is 6.28. The van der Waals surface area contributed by atoms with E-state index < -0.39 is 0 Å². The summed E-state index contributed by atoms with van der Waals surface area (Å²) < 4.78 is 0.868. The van der Waals surface area contributed by atoms with Crippen LogP contribution in [0, 0.1) is 0 Å². The molecule has 0 spiro atoms. The van der Waals surface area contributed by atoms with E-state index in [9.17, 15) is 4.79 Å². The van der Waals surface area contributed by atoms with Crippen molar-refractivity contribution in [1.29, 1.82) is 0 Å². The highest BCUT2D eigenvalue weighted by Crippen LogP contribution is 2.11. The molecule has 0 aromatic heterocycles. The Morgan fingerprint density at radius 2 is 1.86 bits per heavy atom. The van der Waals surface area contributed by atoms with Gasteiger partial charge in [-0.3, -0.25) is 4.79 Å². The maximum absolute atomic E-state index is 12.0. The summed E-state index contributed by atoms with van der Waals surface area (Å²) >= 11 is 3.35. The normalized spacial score (nSPS) is 11.3. The van der Waals surface area contributed by atoms with Crippen LogP contribution in [0.15, 0.2) is 58.1 Å². The number of halogens is 1. The molecule has 0 atom stereocenters. The maximum atomic E-state index is 12.0. The van der Waals surface area contributed by atoms with Crippen molar-refractivity contribution in [3.8, 4) is 0 Å². The Morgan fingerprint density at radius 1 is 1.14 bits per heavy atom. The second-order valence-corrected chi connectivity index (χ2v) is 6.01. The number of amides is 1. The van der Waals surface area contributed by atoms with Gasteiger partial charge in [0.2, 0.25) is 0 Å². The minimum absolute atomic E-state index is 0.219. The van der Waals surface area contributed by atoms with Gasteiger partial charge in [-0.2, -0.15) is 5.10 Å². The van der Waals surface area contributed by atoms with Gasteiger partial charge >= 0.3 is 0 Å². The van der Waals surface area contributed by atoms with Gasteiger partial charge < -0.3 is 0 Å². The molecular weight excluding hydrogens is 340 g/mol. The number of nitrogens with one attached hydrogen (secondary N) is 1. The number of rotatable bonds is 5. The molecule has 114 valence electrons. The topological polar surface area (TPSA) is 41.5 Å². The number of aryl methyl sites for hydroxylation is 1. The van der Waals surface area contributed by atoms with Gasteiger partial charge in [0.1, 0.15) is 0 Å². The fourth-order valence-corrected chi connectivity index (χ4v) is 2.49. The van der Waals surface area contributed by atoms with Crippen molar-refractivity contribution in [3.05, 3.63) is 69.7 Å². The van der Waals surface area contributed by atoms with Crippen molar-refractivity contribution in [2.45, 2.75) is 26.7 Å². The number of hydrogen-bond acceptors (Lipinski definition) is 2. The van der Waals surface area contributed by atoms with Crippen LogP contribution in [0.4, 0.5) is 0 Å². The van der Waals surface area contributed by atoms with E-state index in [4.69, 9.17) is 0 Å². The Bertz CT molecular complexity index is 678. The summed E-state index contributed by atoms with van der Waals surface area (Å²) in [6, 6.07) is 15.5. The lowest BCUT2D eigenvalue weighted by Gasteiger charge is -2.05. The number of benzene rings is 2. The molecule has 0 fully saturated rings. The first-order valence-corrected chi connectivity index (χ1v) is 8.09. The van der Waals surface area contributed by atoms with E-state index in [1.807, 2.05) is 31.2 Å². The molecule has 1 amide bonds. The maximum Gasteiger partial charge on any atom is 0.271 e. The van der Waals surface area contributed by atoms with Gasteiger partial charge in [-0.05, 0) is 42.7 Å². The van der Waals surface area contributed by atoms with E-state index in [1.165, 1.54) is 5.56 Å². The molecule has 2 rings (SSSR count). The molecule has 0 heterocycles. The fourth-order valence-electron chi connectivity index (χ4n) is 2.09. The molecule has 0 saturated heterocycles. The van der Waals surface area contributed by atoms with E-state index in [0.29, 0.717) is 5.56 Å². The first-order chi connectivity index (χ1) is 10.6. The largest absolute Gasteiger partial charge is 0.271 e. The highest BCUT2D eigenvalue weighted by atomic mass is 79.9. The summed E-state index contributed by atoms with van der Waals surface area (Å²) in [6.45, 7) is 4.05. The van der Waals surface area contributed by atoms with Gasteiger partial charge in [-0.25, -0.2) is 5.43 Å². The molecule has 0 aliphatic carbocycles. The molecule has 0 unspecified atom stereocenters. The Morgan fingerprint density at radius 3 is 2.50 bits per heavy atom. The third-order valence-corrected chi connectivity index (χ3v) is 3.82. The van der Waals surface area contributed by atoms with E-state index in [0.717, 1.165) is 28.6 Å². The Balaban J connectivity index is 2.04. The van der Waals surface area contributed by atoms with Gasteiger partial charge in [0.25, 0.3) is 5.91 Å². The van der Waals surface area contributed by atoms with Gasteiger partial charge in [-0.15, -0.1) is 0 Å². The third kappa shape index (κ3) is 4.53. The van der Waals surface area contributed by atoms with Crippen LogP contribution in [-0.2, 0) is 6.42 Å². The highest BCUT2D eigenvalue weighted by molar-refractivity contribution is 9.10. The van der Waals surface area contributed by atoms with E-state index in [1.54, 1.807) is 12.1 Å². The summed E-state index contributed by atoms with van der Waals surface area (Å²) in [5, 5.41) is 4.18. The standard InChI is InChI=1S/C18H19BrN2O/c1-3-5-14-8-10-15(11-9-14)13(2)20-21-18(22)16-6-4-7-17(19)12-16/h4,6-12H,3,5H2,1-2H3,(H,21,22). The third-order valence-electron chi connectivity index (χ3n) is 3.32. The molecule has 0 radical (unpaired) electrons. The molecule has 2 aromatic rings. The van der Waals surface area contributed by atoms with Crippen LogP contribution in [-0.4, -0.2) is 11.6 Å². The molecule has 0 saturated carbocycles. The second kappa shape index (κ2) is 7.90. The lowest BCUT2D eigenvalue weighted by molar-refractivity contribution is 0.0955. The van der Waals surface area contributed by atoms with Crippen LogP contribution in [0.3, 0.4) is 0 Å². The van der Waals surface area contributed by atoms with Crippen molar-refractivity contribution < 1.29 is 4.79 Å². The SMILES string of the molecule is CCCc1ccc(C(C)=NNC(=O)c2cccc(Br)c2)cc1. The Hall–Kier alpha value is -1.94. The number of nitrogens with zero attached hydrogens (tertiary/aromatic N) is 1. The molecule has 0 bridgehead atoms. The summed E-state index contributed by atoms with van der Waals surface area (Å²) in [6.07, 6.45) is 2.21. The minimum atomic E-state index is -0.219. The van der Waals surface area contributed by atoms with Gasteiger partial charge in [0, 0.05) is 10.0 Å². The van der Waals surface area contributed by atoms with E-state index in [2.05, 4.69) is 45.5 Å². The Labute approximate surface area is 139 Å². The molecule has 0 aliphatic rings. The van der Waals surface area contributed by atoms with Gasteiger partial charge in [0.15, 0.2) is 0 Å². The van der Waals surface area contributed by atoms with Crippen LogP contribution < -0.4 is 5.43 Å². The zero-order valence-corrected chi connectivity index (χ0v) is 14.4. The zero-order chi connectivity index (χ0) is 15.9. The minimum Gasteiger partial charge on any atom is -0.267 e. The van der Waals surface area contributed by atoms with Crippen LogP contribution in [0.5, 0.6) is 0 Å². The summed E-state index contributed by atoms with van der Waals surface area (Å²) in [5.74, 6) is -0.219. The lowest BCUT2D eigenvalue weighted by Crippen LogP contribution is -2.19. The first kappa shape index (κ1) is 16.4. The van der Waals surface area contributed by atoms with E-state index in [-0.39, 0.29) is 5.91 Å². The predicted octanol–water partition coefficient (Wildman–Crippen LogP) is 4.56. The number of hydrogen-bond donors (Lipinski definition) is 1. The predicted molar refractivity (Wildman–Crippen MR) is 94.3 cm³/mol. The molecule has 22 heavy (non-hydrogen) atoms. The average Bonchev–Trinajstić information content (AvgIpc) is 2.53. The quantitative estimate of drug-likeness (QED) is 0.617. The van der Waals surface area contributed by atoms with Crippen molar-refractivity contribution >= 4 is 27.5 Å². The van der Waals surface area contributed by atoms with Crippen LogP contribution >= 0.6 is 15.9 Å². The lowest BCUT2D eigenvalue weighted by atomic mass is 10.1. The molecular formula is C18H19BrN2O. The van der Waals surface area contributed by atoms with Crippen LogP contribution in [0.2, 0.25) is 0 Å². The van der Waals surface area contributed by atoms with Crippen molar-refractivity contribution in [2.75, 3.05) is 0 Å². The van der Waals surface area contributed by atoms with Crippen molar-refractivity contribution in [1.82, 2.24) is 5.43 Å². The van der Waals surface area contributed by atoms with E-state index >= 15 is 0 Å². The molecule has 4 heteroatoms. The fraction of sp³-hybridized carbons (Fsp3) is 0.222. The van der Waals surface area contributed by atoms with Crippen molar-refractivity contribution in [3.63, 3.8) is 0 Å². The highest BCUT2D eigenvalue weighted by Gasteiger charge is 2.05. The molecule has 2 aromatic carbocycles. The summed E-state index contributed by atoms with van der Waals surface area (Å²) in [4.78, 5) is 12.0. The van der Waals surface area contributed by atoms with Gasteiger partial charge in [-0.1, -0.05) is 59.6 Å². The monoisotopic (exact) mass is 358 g/mol. The second-order valence-electron chi connectivity index (χ2n) is 5.10. The average molecular weight is 359 g/mol. The molecule has 3 nitrogen and oxygen atoms in total. The smallest absolute Gasteiger partial charge is 0.267 e. The number of hydrazone groups is 1. The number of carbonyl (C=O) groups is 1. The zero-order valence-electron chi connectivity index (χ0n) is 12.8. The van der Waals surface area contributed by atoms with Gasteiger partial charge in [0.05, 0.1) is 5.71 Å². The Kier molecular flexibility index (Phi) is 5.90. The van der Waals surface area contributed by atoms with Crippen LogP contribution in [0.25, 0.3) is 0 Å². The number of carbonyl (C=O) groups excluding carboxylic acids is 1. The molecule has 1 N–H and O–H groups in total. The van der Waals surface area contributed by atoms with Crippen molar-refractivity contribution in [2.24, 2.45) is 5.10 Å². The van der Waals surface area contributed by atoms with Crippen LogP contribution in [0.1, 0.15) is 41.8 Å². The first-order valence-electron chi connectivity index (χ1n) is 7.29. The summed E-state index contributed by atoms with van der Waals surface area (Å²) in [7, 11) is 0. The molecule has 0 aliphatic heterocycles.